The Balaban J connectivity index is 2.19. The maximum absolute atomic E-state index is 12.0. The fourth-order valence-electron chi connectivity index (χ4n) is 1.34. The summed E-state index contributed by atoms with van der Waals surface area (Å²) in [6, 6.07) is 0. The molecule has 0 radical (unpaired) electrons. The number of nitrogens with two attached hydrogens (primary N) is 1. The Morgan fingerprint density at radius 1 is 1.35 bits per heavy atom. The summed E-state index contributed by atoms with van der Waals surface area (Å²) in [6.45, 7) is 0.173. The maximum atomic E-state index is 12.0. The molecule has 0 aliphatic heterocycles. The second kappa shape index (κ2) is 4.05. The average molecular weight is 247 g/mol. The Kier molecular flexibility index (Phi) is 2.84. The average Bonchev–Trinajstić information content (AvgIpc) is 3.02. The van der Waals surface area contributed by atoms with Crippen LogP contribution in [-0.4, -0.2) is 22.8 Å². The third-order valence-corrected chi connectivity index (χ3v) is 2.47. The highest BCUT2D eigenvalue weighted by atomic mass is 19.4. The zero-order chi connectivity index (χ0) is 12.6. The number of hydrogen-bond donors (Lipinski definition) is 1. The summed E-state index contributed by atoms with van der Waals surface area (Å²) in [4.78, 5) is 8.03. The highest BCUT2D eigenvalue weighted by Gasteiger charge is 2.31. The van der Waals surface area contributed by atoms with E-state index in [1.807, 2.05) is 0 Å². The topological polar surface area (TPSA) is 61.0 Å². The third kappa shape index (κ3) is 2.98. The Hall–Kier alpha value is -1.53. The first-order valence-electron chi connectivity index (χ1n) is 5.20. The molecule has 0 saturated heterocycles. The summed E-state index contributed by atoms with van der Waals surface area (Å²) in [6.07, 6.45) is -2.49. The van der Waals surface area contributed by atoms with Gasteiger partial charge in [0, 0.05) is 5.92 Å². The van der Waals surface area contributed by atoms with Crippen LogP contribution in [0.4, 0.5) is 19.0 Å². The van der Waals surface area contributed by atoms with Gasteiger partial charge in [0.15, 0.2) is 6.61 Å². The molecule has 0 unspecified atom stereocenters. The Labute approximate surface area is 96.0 Å². The summed E-state index contributed by atoms with van der Waals surface area (Å²) in [5, 5.41) is 0. The standard InChI is InChI=1S/C10H12F3N3O/c1-5-7(14)15-8(6-2-3-6)16-9(5)17-4-10(11,12)13/h6H,2-4H2,1H3,(H2,14,15,16). The van der Waals surface area contributed by atoms with E-state index in [9.17, 15) is 13.2 Å². The van der Waals surface area contributed by atoms with Gasteiger partial charge in [-0.2, -0.15) is 18.2 Å². The van der Waals surface area contributed by atoms with Gasteiger partial charge in [-0.25, -0.2) is 4.98 Å². The number of anilines is 1. The molecule has 94 valence electrons. The van der Waals surface area contributed by atoms with Crippen molar-refractivity contribution in [2.45, 2.75) is 31.9 Å². The van der Waals surface area contributed by atoms with E-state index in [4.69, 9.17) is 5.73 Å². The van der Waals surface area contributed by atoms with Gasteiger partial charge in [-0.3, -0.25) is 0 Å². The molecule has 0 bridgehead atoms. The number of ether oxygens (including phenoxy) is 1. The highest BCUT2D eigenvalue weighted by Crippen LogP contribution is 2.39. The lowest BCUT2D eigenvalue weighted by atomic mass is 10.3. The summed E-state index contributed by atoms with van der Waals surface area (Å²) in [7, 11) is 0. The lowest BCUT2D eigenvalue weighted by molar-refractivity contribution is -0.154. The van der Waals surface area contributed by atoms with Gasteiger partial charge in [-0.15, -0.1) is 0 Å². The number of halogens is 3. The second-order valence-electron chi connectivity index (χ2n) is 4.08. The quantitative estimate of drug-likeness (QED) is 0.889. The zero-order valence-corrected chi connectivity index (χ0v) is 9.21. The van der Waals surface area contributed by atoms with E-state index in [2.05, 4.69) is 14.7 Å². The molecule has 1 saturated carbocycles. The fraction of sp³-hybridized carbons (Fsp3) is 0.600. The van der Waals surface area contributed by atoms with E-state index in [-0.39, 0.29) is 17.6 Å². The third-order valence-electron chi connectivity index (χ3n) is 2.47. The van der Waals surface area contributed by atoms with Crippen molar-refractivity contribution in [2.75, 3.05) is 12.3 Å². The molecule has 1 heterocycles. The summed E-state index contributed by atoms with van der Waals surface area (Å²) < 4.78 is 40.8. The second-order valence-corrected chi connectivity index (χ2v) is 4.08. The molecule has 1 aliphatic rings. The Morgan fingerprint density at radius 2 is 2.00 bits per heavy atom. The molecule has 0 aromatic carbocycles. The van der Waals surface area contributed by atoms with Crippen molar-refractivity contribution in [1.29, 1.82) is 0 Å². The SMILES string of the molecule is Cc1c(N)nc(C2CC2)nc1OCC(F)(F)F. The van der Waals surface area contributed by atoms with Crippen LogP contribution in [0.5, 0.6) is 5.88 Å². The predicted molar refractivity (Wildman–Crippen MR) is 54.7 cm³/mol. The van der Waals surface area contributed by atoms with E-state index in [1.165, 1.54) is 6.92 Å². The van der Waals surface area contributed by atoms with Crippen molar-refractivity contribution in [3.05, 3.63) is 11.4 Å². The molecule has 0 spiro atoms. The zero-order valence-electron chi connectivity index (χ0n) is 9.21. The van der Waals surface area contributed by atoms with Crippen molar-refractivity contribution in [2.24, 2.45) is 0 Å². The van der Waals surface area contributed by atoms with Crippen LogP contribution in [0.3, 0.4) is 0 Å². The largest absolute Gasteiger partial charge is 0.468 e. The molecule has 0 atom stereocenters. The molecule has 0 amide bonds. The minimum absolute atomic E-state index is 0.0725. The molecule has 4 nitrogen and oxygen atoms in total. The molecule has 1 aliphatic carbocycles. The van der Waals surface area contributed by atoms with Crippen LogP contribution in [0, 0.1) is 6.92 Å². The van der Waals surface area contributed by atoms with Crippen molar-refractivity contribution in [3.63, 3.8) is 0 Å². The fourth-order valence-corrected chi connectivity index (χ4v) is 1.34. The number of nitrogens with zero attached hydrogens (tertiary/aromatic N) is 2. The van der Waals surface area contributed by atoms with Crippen molar-refractivity contribution < 1.29 is 17.9 Å². The molecule has 1 aromatic heterocycles. The molecule has 7 heteroatoms. The van der Waals surface area contributed by atoms with Gasteiger partial charge in [0.05, 0.1) is 5.56 Å². The molecular formula is C10H12F3N3O. The smallest absolute Gasteiger partial charge is 0.422 e. The normalized spacial score (nSPS) is 16.0. The van der Waals surface area contributed by atoms with Gasteiger partial charge in [0.1, 0.15) is 11.6 Å². The lowest BCUT2D eigenvalue weighted by Gasteiger charge is -2.12. The van der Waals surface area contributed by atoms with Gasteiger partial charge in [-0.05, 0) is 19.8 Å². The van der Waals surface area contributed by atoms with Crippen molar-refractivity contribution in [3.8, 4) is 5.88 Å². The van der Waals surface area contributed by atoms with Crippen molar-refractivity contribution >= 4 is 5.82 Å². The van der Waals surface area contributed by atoms with E-state index in [0.29, 0.717) is 11.4 Å². The van der Waals surface area contributed by atoms with Crippen LogP contribution >= 0.6 is 0 Å². The number of hydrogen-bond acceptors (Lipinski definition) is 4. The Morgan fingerprint density at radius 3 is 2.53 bits per heavy atom. The van der Waals surface area contributed by atoms with Gasteiger partial charge >= 0.3 is 6.18 Å². The van der Waals surface area contributed by atoms with E-state index >= 15 is 0 Å². The van der Waals surface area contributed by atoms with Crippen LogP contribution in [-0.2, 0) is 0 Å². The molecule has 2 rings (SSSR count). The molecular weight excluding hydrogens is 235 g/mol. The molecule has 2 N–H and O–H groups in total. The first-order chi connectivity index (χ1) is 7.87. The van der Waals surface area contributed by atoms with Crippen LogP contribution in [0.1, 0.15) is 30.1 Å². The summed E-state index contributed by atoms with van der Waals surface area (Å²) in [5.41, 5.74) is 5.96. The number of aromatic nitrogens is 2. The minimum Gasteiger partial charge on any atom is -0.468 e. The number of rotatable bonds is 3. The van der Waals surface area contributed by atoms with E-state index in [1.54, 1.807) is 0 Å². The molecule has 1 aromatic rings. The van der Waals surface area contributed by atoms with Crippen molar-refractivity contribution in [1.82, 2.24) is 9.97 Å². The number of alkyl halides is 3. The van der Waals surface area contributed by atoms with Gasteiger partial charge in [0.2, 0.25) is 5.88 Å². The highest BCUT2D eigenvalue weighted by molar-refractivity contribution is 5.45. The van der Waals surface area contributed by atoms with Gasteiger partial charge in [-0.1, -0.05) is 0 Å². The van der Waals surface area contributed by atoms with Gasteiger partial charge < -0.3 is 10.5 Å². The monoisotopic (exact) mass is 247 g/mol. The van der Waals surface area contributed by atoms with Crippen LogP contribution in [0.25, 0.3) is 0 Å². The van der Waals surface area contributed by atoms with E-state index < -0.39 is 12.8 Å². The summed E-state index contributed by atoms with van der Waals surface area (Å²) >= 11 is 0. The molecule has 17 heavy (non-hydrogen) atoms. The predicted octanol–water partition coefficient (Wildman–Crippen LogP) is 2.19. The van der Waals surface area contributed by atoms with Crippen LogP contribution in [0.2, 0.25) is 0 Å². The van der Waals surface area contributed by atoms with E-state index in [0.717, 1.165) is 12.8 Å². The minimum atomic E-state index is -4.38. The van der Waals surface area contributed by atoms with Gasteiger partial charge in [0.25, 0.3) is 0 Å². The van der Waals surface area contributed by atoms with Crippen LogP contribution in [0.15, 0.2) is 0 Å². The first-order valence-corrected chi connectivity index (χ1v) is 5.20. The first kappa shape index (κ1) is 11.9. The Bertz CT molecular complexity index is 430. The lowest BCUT2D eigenvalue weighted by Crippen LogP contribution is -2.20. The number of nitrogen functional groups attached to an aromatic ring is 1. The maximum Gasteiger partial charge on any atom is 0.422 e. The summed E-state index contributed by atoms with van der Waals surface area (Å²) in [5.74, 6) is 0.798. The van der Waals surface area contributed by atoms with Crippen LogP contribution < -0.4 is 10.5 Å². The molecule has 1 fully saturated rings.